The van der Waals surface area contributed by atoms with E-state index in [1.807, 2.05) is 19.1 Å². The summed E-state index contributed by atoms with van der Waals surface area (Å²) >= 11 is 1.16. The van der Waals surface area contributed by atoms with Crippen LogP contribution in [0.5, 0.6) is 11.5 Å². The van der Waals surface area contributed by atoms with E-state index in [1.165, 1.54) is 7.11 Å². The molecule has 0 bridgehead atoms. The number of benzene rings is 2. The fourth-order valence-corrected chi connectivity index (χ4v) is 4.64. The van der Waals surface area contributed by atoms with Gasteiger partial charge in [0.25, 0.3) is 0 Å². The van der Waals surface area contributed by atoms with E-state index >= 15 is 0 Å². The van der Waals surface area contributed by atoms with Gasteiger partial charge < -0.3 is 20.9 Å². The maximum Gasteiger partial charge on any atom is 0.205 e. The molecule has 0 saturated carbocycles. The van der Waals surface area contributed by atoms with Crippen LogP contribution in [0.25, 0.3) is 21.3 Å². The van der Waals surface area contributed by atoms with E-state index in [0.717, 1.165) is 16.9 Å². The number of hydrogen-bond acceptors (Lipinski definition) is 8. The van der Waals surface area contributed by atoms with Gasteiger partial charge in [-0.3, -0.25) is 4.79 Å². The molecule has 7 nitrogen and oxygen atoms in total. The molecule has 160 valence electrons. The number of nitrogens with two attached hydrogens (primary N) is 2. The SMILES string of the molecule is COc1ccc(-c2c(C#N)c(N)nc3sc(C(=O)c4ccc(C)cc4)c(N)c23)cc1OC. The molecule has 4 rings (SSSR count). The first-order valence-electron chi connectivity index (χ1n) is 9.64. The van der Waals surface area contributed by atoms with Crippen LogP contribution in [-0.4, -0.2) is 25.0 Å². The van der Waals surface area contributed by atoms with Crippen LogP contribution in [0.15, 0.2) is 42.5 Å². The number of hydrogen-bond donors (Lipinski definition) is 2. The maximum atomic E-state index is 13.2. The number of aromatic nitrogens is 1. The van der Waals surface area contributed by atoms with Crippen LogP contribution in [0.1, 0.15) is 26.4 Å². The van der Waals surface area contributed by atoms with Crippen molar-refractivity contribution in [1.82, 2.24) is 4.98 Å². The van der Waals surface area contributed by atoms with E-state index in [9.17, 15) is 10.1 Å². The molecule has 0 atom stereocenters. The second-order valence-corrected chi connectivity index (χ2v) is 8.15. The lowest BCUT2D eigenvalue weighted by Gasteiger charge is -2.13. The summed E-state index contributed by atoms with van der Waals surface area (Å²) < 4.78 is 10.7. The second-order valence-electron chi connectivity index (χ2n) is 7.15. The average Bonchev–Trinajstić information content (AvgIpc) is 3.13. The predicted molar refractivity (Wildman–Crippen MR) is 126 cm³/mol. The number of carbonyl (C=O) groups excluding carboxylic acids is 1. The first-order valence-corrected chi connectivity index (χ1v) is 10.5. The van der Waals surface area contributed by atoms with Crippen molar-refractivity contribution in [2.75, 3.05) is 25.7 Å². The summed E-state index contributed by atoms with van der Waals surface area (Å²) in [5, 5.41) is 10.3. The summed E-state index contributed by atoms with van der Waals surface area (Å²) in [7, 11) is 3.07. The van der Waals surface area contributed by atoms with Gasteiger partial charge >= 0.3 is 0 Å². The van der Waals surface area contributed by atoms with E-state index < -0.39 is 0 Å². The number of rotatable bonds is 5. The molecule has 0 aliphatic carbocycles. The molecule has 0 fully saturated rings. The Morgan fingerprint density at radius 2 is 1.75 bits per heavy atom. The first kappa shape index (κ1) is 21.2. The molecule has 4 N–H and O–H groups in total. The van der Waals surface area contributed by atoms with E-state index in [1.54, 1.807) is 37.4 Å². The second kappa shape index (κ2) is 8.21. The van der Waals surface area contributed by atoms with Gasteiger partial charge in [-0.25, -0.2) is 4.98 Å². The molecular formula is C24H20N4O3S. The van der Waals surface area contributed by atoms with Crippen LogP contribution in [0.3, 0.4) is 0 Å². The van der Waals surface area contributed by atoms with Crippen LogP contribution in [0.4, 0.5) is 11.5 Å². The number of ketones is 1. The third kappa shape index (κ3) is 3.39. The standard InChI is InChI=1S/C24H20N4O3S/c1-12-4-6-13(7-5-12)21(29)22-20(26)19-18(15(11-25)23(27)28-24(19)32-22)14-8-9-16(30-2)17(10-14)31-3/h4-10H,26H2,1-3H3,(H2,27,28). The number of nitrogens with zero attached hydrogens (tertiary/aromatic N) is 2. The fourth-order valence-electron chi connectivity index (χ4n) is 3.57. The van der Waals surface area contributed by atoms with Crippen molar-refractivity contribution in [3.05, 3.63) is 64.0 Å². The molecule has 8 heteroatoms. The van der Waals surface area contributed by atoms with Crippen LogP contribution in [0, 0.1) is 18.3 Å². The third-order valence-electron chi connectivity index (χ3n) is 5.21. The van der Waals surface area contributed by atoms with Gasteiger partial charge in [-0.15, -0.1) is 11.3 Å². The van der Waals surface area contributed by atoms with Crippen molar-refractivity contribution in [3.63, 3.8) is 0 Å². The lowest BCUT2D eigenvalue weighted by atomic mass is 9.96. The lowest BCUT2D eigenvalue weighted by Crippen LogP contribution is -2.03. The van der Waals surface area contributed by atoms with Crippen LogP contribution >= 0.6 is 11.3 Å². The van der Waals surface area contributed by atoms with Crippen molar-refractivity contribution in [2.24, 2.45) is 0 Å². The van der Waals surface area contributed by atoms with Crippen molar-refractivity contribution in [3.8, 4) is 28.7 Å². The van der Waals surface area contributed by atoms with Gasteiger partial charge in [-0.05, 0) is 24.6 Å². The molecule has 0 spiro atoms. The van der Waals surface area contributed by atoms with E-state index in [0.29, 0.717) is 43.3 Å². The largest absolute Gasteiger partial charge is 0.493 e. The Labute approximate surface area is 188 Å². The molecule has 0 saturated heterocycles. The molecule has 0 aliphatic rings. The van der Waals surface area contributed by atoms with Gasteiger partial charge in [0.2, 0.25) is 5.78 Å². The fraction of sp³-hybridized carbons (Fsp3) is 0.125. The summed E-state index contributed by atoms with van der Waals surface area (Å²) in [5.74, 6) is 0.893. The maximum absolute atomic E-state index is 13.2. The van der Waals surface area contributed by atoms with Crippen LogP contribution in [0.2, 0.25) is 0 Å². The third-order valence-corrected chi connectivity index (χ3v) is 6.31. The molecule has 0 aliphatic heterocycles. The quantitative estimate of drug-likeness (QED) is 0.432. The Bertz CT molecular complexity index is 1400. The zero-order chi connectivity index (χ0) is 23.0. The monoisotopic (exact) mass is 444 g/mol. The van der Waals surface area contributed by atoms with Crippen molar-refractivity contribution >= 4 is 38.8 Å². The topological polar surface area (TPSA) is 124 Å². The number of pyridine rings is 1. The Kier molecular flexibility index (Phi) is 5.43. The van der Waals surface area contributed by atoms with Crippen molar-refractivity contribution in [2.45, 2.75) is 6.92 Å². The Hall–Kier alpha value is -4.09. The summed E-state index contributed by atoms with van der Waals surface area (Å²) in [6.07, 6.45) is 0. The van der Waals surface area contributed by atoms with Crippen LogP contribution < -0.4 is 20.9 Å². The molecule has 0 radical (unpaired) electrons. The minimum atomic E-state index is -0.208. The Morgan fingerprint density at radius 3 is 2.38 bits per heavy atom. The van der Waals surface area contributed by atoms with Gasteiger partial charge in [0.15, 0.2) is 11.5 Å². The zero-order valence-electron chi connectivity index (χ0n) is 17.7. The molecule has 0 amide bonds. The molecule has 2 aromatic heterocycles. The highest BCUT2D eigenvalue weighted by atomic mass is 32.1. The van der Waals surface area contributed by atoms with Crippen molar-refractivity contribution in [1.29, 1.82) is 5.26 Å². The van der Waals surface area contributed by atoms with Crippen LogP contribution in [-0.2, 0) is 0 Å². The van der Waals surface area contributed by atoms with E-state index in [2.05, 4.69) is 11.1 Å². The highest BCUT2D eigenvalue weighted by molar-refractivity contribution is 7.21. The predicted octanol–water partition coefficient (Wildman–Crippen LogP) is 4.56. The van der Waals surface area contributed by atoms with E-state index in [4.69, 9.17) is 20.9 Å². The van der Waals surface area contributed by atoms with Gasteiger partial charge in [0, 0.05) is 16.5 Å². The number of methoxy groups -OCH3 is 2. The summed E-state index contributed by atoms with van der Waals surface area (Å²) in [6, 6.07) is 14.7. The number of anilines is 2. The van der Waals surface area contributed by atoms with Gasteiger partial charge in [-0.1, -0.05) is 35.9 Å². The molecule has 2 heterocycles. The lowest BCUT2D eigenvalue weighted by molar-refractivity contribution is 0.104. The molecule has 0 unspecified atom stereocenters. The number of thiophene rings is 1. The molecule has 4 aromatic rings. The molecule has 2 aromatic carbocycles. The summed E-state index contributed by atoms with van der Waals surface area (Å²) in [5.41, 5.74) is 15.8. The van der Waals surface area contributed by atoms with Gasteiger partial charge in [0.1, 0.15) is 27.2 Å². The normalized spacial score (nSPS) is 10.7. The zero-order valence-corrected chi connectivity index (χ0v) is 18.5. The number of carbonyl (C=O) groups is 1. The van der Waals surface area contributed by atoms with Gasteiger partial charge in [-0.2, -0.15) is 5.26 Å². The highest BCUT2D eigenvalue weighted by Crippen LogP contribution is 2.44. The smallest absolute Gasteiger partial charge is 0.205 e. The van der Waals surface area contributed by atoms with E-state index in [-0.39, 0.29) is 22.9 Å². The number of fused-ring (bicyclic) bond motifs is 1. The highest BCUT2D eigenvalue weighted by Gasteiger charge is 2.25. The first-order chi connectivity index (χ1) is 15.4. The van der Waals surface area contributed by atoms with Gasteiger partial charge in [0.05, 0.1) is 19.9 Å². The molecular weight excluding hydrogens is 424 g/mol. The number of nitriles is 1. The minimum absolute atomic E-state index is 0.0698. The average molecular weight is 445 g/mol. The Balaban J connectivity index is 2.00. The number of aryl methyl sites for hydroxylation is 1. The molecule has 32 heavy (non-hydrogen) atoms. The number of nitrogen functional groups attached to an aromatic ring is 2. The summed E-state index contributed by atoms with van der Waals surface area (Å²) in [6.45, 7) is 1.95. The van der Waals surface area contributed by atoms with Crippen molar-refractivity contribution < 1.29 is 14.3 Å². The minimum Gasteiger partial charge on any atom is -0.493 e. The number of ether oxygens (including phenoxy) is 2. The Morgan fingerprint density at radius 1 is 1.06 bits per heavy atom. The summed E-state index contributed by atoms with van der Waals surface area (Å²) in [4.78, 5) is 18.4.